The lowest BCUT2D eigenvalue weighted by molar-refractivity contribution is 0.224. The summed E-state index contributed by atoms with van der Waals surface area (Å²) >= 11 is 5.51. The van der Waals surface area contributed by atoms with Crippen molar-refractivity contribution < 1.29 is 0 Å². The van der Waals surface area contributed by atoms with Crippen LogP contribution in [0.4, 0.5) is 0 Å². The lowest BCUT2D eigenvalue weighted by Gasteiger charge is -2.41. The number of thiocarbonyl (C=S) groups is 1. The van der Waals surface area contributed by atoms with E-state index in [2.05, 4.69) is 53.4 Å². The minimum Gasteiger partial charge on any atom is -0.378 e. The lowest BCUT2D eigenvalue weighted by atomic mass is 9.76. The first kappa shape index (κ1) is 14.0. The maximum Gasteiger partial charge on any atom is 0.123 e. The van der Waals surface area contributed by atoms with E-state index in [-0.39, 0.29) is 0 Å². The summed E-state index contributed by atoms with van der Waals surface area (Å²) in [4.78, 5) is 6.83. The maximum atomic E-state index is 5.51. The number of likely N-dealkylation sites (N-methyl/N-ethyl adjacent to an activating group) is 1. The Bertz CT molecular complexity index is 802. The molecule has 0 radical (unpaired) electrons. The van der Waals surface area contributed by atoms with E-state index < -0.39 is 0 Å². The Balaban J connectivity index is 1.99. The zero-order valence-corrected chi connectivity index (χ0v) is 14.1. The maximum absolute atomic E-state index is 5.51. The molecule has 2 heterocycles. The van der Waals surface area contributed by atoms with Crippen LogP contribution in [0.1, 0.15) is 29.7 Å². The van der Waals surface area contributed by atoms with Gasteiger partial charge >= 0.3 is 0 Å². The first-order chi connectivity index (χ1) is 10.6. The van der Waals surface area contributed by atoms with Gasteiger partial charge in [0.2, 0.25) is 0 Å². The van der Waals surface area contributed by atoms with Crippen LogP contribution in [0.25, 0.3) is 10.9 Å². The summed E-state index contributed by atoms with van der Waals surface area (Å²) in [5.41, 5.74) is 6.59. The molecule has 4 rings (SSSR count). The van der Waals surface area contributed by atoms with Crippen molar-refractivity contribution in [2.45, 2.75) is 25.3 Å². The predicted octanol–water partition coefficient (Wildman–Crippen LogP) is 2.96. The van der Waals surface area contributed by atoms with E-state index in [1.165, 1.54) is 27.6 Å². The topological polar surface area (TPSA) is 31.1 Å². The largest absolute Gasteiger partial charge is 0.378 e. The fourth-order valence-corrected chi connectivity index (χ4v) is 4.37. The quantitative estimate of drug-likeness (QED) is 0.627. The molecule has 22 heavy (non-hydrogen) atoms. The van der Waals surface area contributed by atoms with Crippen molar-refractivity contribution in [2.24, 2.45) is 0 Å². The third kappa shape index (κ3) is 1.87. The molecule has 4 heteroatoms. The van der Waals surface area contributed by atoms with Gasteiger partial charge in [0.25, 0.3) is 0 Å². The van der Waals surface area contributed by atoms with E-state index >= 15 is 0 Å². The lowest BCUT2D eigenvalue weighted by Crippen LogP contribution is -2.43. The molecule has 0 fully saturated rings. The Morgan fingerprint density at radius 2 is 2.23 bits per heavy atom. The SMILES string of the molecule is CNC(=S)c1[nH]c2cccc3c2c1C[C@@H]1[C@@H]3C=C(C)CN1C. The van der Waals surface area contributed by atoms with Gasteiger partial charge in [-0.05, 0) is 37.6 Å². The van der Waals surface area contributed by atoms with Gasteiger partial charge in [0.15, 0.2) is 0 Å². The molecule has 0 spiro atoms. The molecule has 0 saturated carbocycles. The van der Waals surface area contributed by atoms with Gasteiger partial charge in [0.05, 0.1) is 5.69 Å². The van der Waals surface area contributed by atoms with Gasteiger partial charge in [0.1, 0.15) is 4.99 Å². The smallest absolute Gasteiger partial charge is 0.123 e. The monoisotopic (exact) mass is 311 g/mol. The predicted molar refractivity (Wildman–Crippen MR) is 95.7 cm³/mol. The molecule has 0 bridgehead atoms. The van der Waals surface area contributed by atoms with Crippen molar-refractivity contribution in [1.82, 2.24) is 15.2 Å². The number of fused-ring (bicyclic) bond motifs is 2. The van der Waals surface area contributed by atoms with Crippen LogP contribution in [0.2, 0.25) is 0 Å². The van der Waals surface area contributed by atoms with Crippen LogP contribution in [0.15, 0.2) is 29.8 Å². The van der Waals surface area contributed by atoms with Crippen molar-refractivity contribution >= 4 is 28.1 Å². The molecule has 3 nitrogen and oxygen atoms in total. The van der Waals surface area contributed by atoms with Gasteiger partial charge in [-0.2, -0.15) is 0 Å². The van der Waals surface area contributed by atoms with Gasteiger partial charge in [-0.1, -0.05) is 36.0 Å². The normalized spacial score (nSPS) is 24.0. The van der Waals surface area contributed by atoms with Crippen molar-refractivity contribution in [3.8, 4) is 0 Å². The van der Waals surface area contributed by atoms with Gasteiger partial charge < -0.3 is 10.3 Å². The van der Waals surface area contributed by atoms with Crippen molar-refractivity contribution in [1.29, 1.82) is 0 Å². The molecule has 0 saturated heterocycles. The molecule has 2 aliphatic rings. The Morgan fingerprint density at radius 3 is 3.00 bits per heavy atom. The van der Waals surface area contributed by atoms with Crippen LogP contribution in [0, 0.1) is 0 Å². The van der Waals surface area contributed by atoms with Crippen LogP contribution < -0.4 is 5.32 Å². The number of benzene rings is 1. The summed E-state index contributed by atoms with van der Waals surface area (Å²) in [7, 11) is 4.13. The van der Waals surface area contributed by atoms with E-state index in [0.717, 1.165) is 23.6 Å². The fourth-order valence-electron chi connectivity index (χ4n) is 4.19. The molecular formula is C18H21N3S. The Labute approximate surface area is 136 Å². The zero-order chi connectivity index (χ0) is 15.4. The van der Waals surface area contributed by atoms with Crippen LogP contribution in [-0.2, 0) is 6.42 Å². The molecular weight excluding hydrogens is 290 g/mol. The minimum atomic E-state index is 0.488. The molecule has 2 atom stereocenters. The molecule has 114 valence electrons. The second-order valence-corrected chi connectivity index (χ2v) is 6.96. The van der Waals surface area contributed by atoms with Gasteiger partial charge in [-0.25, -0.2) is 0 Å². The second kappa shape index (κ2) is 4.93. The van der Waals surface area contributed by atoms with Crippen molar-refractivity contribution in [2.75, 3.05) is 20.6 Å². The molecule has 2 N–H and O–H groups in total. The number of H-pyrrole nitrogens is 1. The summed E-state index contributed by atoms with van der Waals surface area (Å²) in [5, 5.41) is 4.51. The summed E-state index contributed by atoms with van der Waals surface area (Å²) in [6.45, 7) is 3.30. The average molecular weight is 311 g/mol. The fraction of sp³-hybridized carbons (Fsp3) is 0.389. The third-order valence-electron chi connectivity index (χ3n) is 5.13. The minimum absolute atomic E-state index is 0.488. The third-order valence-corrected chi connectivity index (χ3v) is 5.54. The Kier molecular flexibility index (Phi) is 3.13. The van der Waals surface area contributed by atoms with Crippen LogP contribution in [-0.4, -0.2) is 41.6 Å². The number of aromatic nitrogens is 1. The number of nitrogens with one attached hydrogen (secondary N) is 2. The molecule has 2 aromatic rings. The highest BCUT2D eigenvalue weighted by molar-refractivity contribution is 7.80. The van der Waals surface area contributed by atoms with E-state index in [1.54, 1.807) is 0 Å². The zero-order valence-electron chi connectivity index (χ0n) is 13.2. The number of rotatable bonds is 1. The average Bonchev–Trinajstić information content (AvgIpc) is 2.88. The summed E-state index contributed by atoms with van der Waals surface area (Å²) in [5.74, 6) is 0.488. The molecule has 1 aliphatic carbocycles. The van der Waals surface area contributed by atoms with E-state index in [9.17, 15) is 0 Å². The standard InChI is InChI=1S/C18H21N3S/c1-10-7-12-11-5-4-6-14-16(11)13(8-15(12)21(3)9-10)17(20-14)18(22)19-2/h4-7,12,15,20H,8-9H2,1-3H3,(H,19,22)/t12-,15-/m1/s1. The highest BCUT2D eigenvalue weighted by atomic mass is 32.1. The van der Waals surface area contributed by atoms with E-state index in [0.29, 0.717) is 12.0 Å². The van der Waals surface area contributed by atoms with Crippen LogP contribution in [0.3, 0.4) is 0 Å². The van der Waals surface area contributed by atoms with Gasteiger partial charge in [-0.3, -0.25) is 4.90 Å². The Morgan fingerprint density at radius 1 is 1.41 bits per heavy atom. The number of nitrogens with zero attached hydrogens (tertiary/aromatic N) is 1. The van der Waals surface area contributed by atoms with Gasteiger partial charge in [0, 0.05) is 36.5 Å². The summed E-state index contributed by atoms with van der Waals surface area (Å²) < 4.78 is 0. The first-order valence-corrected chi connectivity index (χ1v) is 8.24. The molecule has 1 aromatic carbocycles. The summed E-state index contributed by atoms with van der Waals surface area (Å²) in [6.07, 6.45) is 3.52. The number of aromatic amines is 1. The summed E-state index contributed by atoms with van der Waals surface area (Å²) in [6, 6.07) is 7.12. The van der Waals surface area contributed by atoms with Crippen LogP contribution in [0.5, 0.6) is 0 Å². The van der Waals surface area contributed by atoms with E-state index in [1.807, 2.05) is 7.05 Å². The molecule has 1 aromatic heterocycles. The molecule has 0 unspecified atom stereocenters. The first-order valence-electron chi connectivity index (χ1n) is 7.83. The molecule has 0 amide bonds. The second-order valence-electron chi connectivity index (χ2n) is 6.55. The number of hydrogen-bond acceptors (Lipinski definition) is 2. The Hall–Kier alpha value is -1.65. The molecule has 1 aliphatic heterocycles. The highest BCUT2D eigenvalue weighted by Crippen LogP contribution is 2.43. The van der Waals surface area contributed by atoms with Gasteiger partial charge in [-0.15, -0.1) is 0 Å². The number of hydrogen-bond donors (Lipinski definition) is 2. The van der Waals surface area contributed by atoms with E-state index in [4.69, 9.17) is 12.2 Å². The highest BCUT2D eigenvalue weighted by Gasteiger charge is 2.36. The van der Waals surface area contributed by atoms with Crippen LogP contribution >= 0.6 is 12.2 Å². The van der Waals surface area contributed by atoms with Crippen molar-refractivity contribution in [3.05, 3.63) is 46.7 Å². The van der Waals surface area contributed by atoms with Crippen molar-refractivity contribution in [3.63, 3.8) is 0 Å².